The molecule has 0 aliphatic carbocycles. The molecule has 0 fully saturated rings. The van der Waals surface area contributed by atoms with E-state index in [0.717, 1.165) is 11.5 Å². The van der Waals surface area contributed by atoms with E-state index in [1.807, 2.05) is 42.8 Å². The lowest BCUT2D eigenvalue weighted by Crippen LogP contribution is -2.14. The van der Waals surface area contributed by atoms with Crippen molar-refractivity contribution in [3.8, 4) is 0 Å². The highest BCUT2D eigenvalue weighted by atomic mass is 16.1. The Morgan fingerprint density at radius 3 is 2.68 bits per heavy atom. The van der Waals surface area contributed by atoms with Gasteiger partial charge in [-0.25, -0.2) is 4.98 Å². The fraction of sp³-hybridized carbons (Fsp3) is 0.333. The van der Waals surface area contributed by atoms with Gasteiger partial charge in [0, 0.05) is 31.0 Å². The third-order valence-electron chi connectivity index (χ3n) is 3.29. The molecule has 1 aromatic carbocycles. The number of rotatable bonds is 4. The van der Waals surface area contributed by atoms with Crippen molar-refractivity contribution in [1.82, 2.24) is 9.55 Å². The van der Waals surface area contributed by atoms with E-state index in [-0.39, 0.29) is 5.91 Å². The number of benzene rings is 1. The molecule has 0 saturated carbocycles. The number of hydrogen-bond donors (Lipinski definition) is 1. The average Bonchev–Trinajstić information content (AvgIpc) is 2.77. The zero-order valence-corrected chi connectivity index (χ0v) is 11.6. The van der Waals surface area contributed by atoms with Gasteiger partial charge in [-0.2, -0.15) is 0 Å². The number of nitrogens with one attached hydrogen (secondary N) is 1. The van der Waals surface area contributed by atoms with Crippen LogP contribution in [-0.2, 0) is 11.3 Å². The van der Waals surface area contributed by atoms with Gasteiger partial charge in [-0.3, -0.25) is 4.79 Å². The van der Waals surface area contributed by atoms with E-state index in [4.69, 9.17) is 0 Å². The number of nitrogens with zero attached hydrogens (tertiary/aromatic N) is 2. The van der Waals surface area contributed by atoms with Crippen molar-refractivity contribution in [3.63, 3.8) is 0 Å². The second-order valence-corrected chi connectivity index (χ2v) is 4.77. The van der Waals surface area contributed by atoms with Crippen LogP contribution in [0.5, 0.6) is 0 Å². The first kappa shape index (κ1) is 13.3. The molecule has 1 aromatic heterocycles. The third-order valence-corrected chi connectivity index (χ3v) is 3.29. The van der Waals surface area contributed by atoms with Gasteiger partial charge in [0.15, 0.2) is 0 Å². The molecule has 0 bridgehead atoms. The Hall–Kier alpha value is -2.10. The molecular formula is C15H19N3O. The molecule has 0 atom stereocenters. The maximum absolute atomic E-state index is 11.9. The summed E-state index contributed by atoms with van der Waals surface area (Å²) in [4.78, 5) is 16.0. The summed E-state index contributed by atoms with van der Waals surface area (Å²) in [6, 6.07) is 5.95. The number of hydrogen-bond acceptors (Lipinski definition) is 2. The van der Waals surface area contributed by atoms with Crippen molar-refractivity contribution in [2.75, 3.05) is 5.32 Å². The summed E-state index contributed by atoms with van der Waals surface area (Å²) in [6.07, 6.45) is 4.08. The molecule has 0 unspecified atom stereocenters. The van der Waals surface area contributed by atoms with Crippen LogP contribution in [0, 0.1) is 20.8 Å². The summed E-state index contributed by atoms with van der Waals surface area (Å²) >= 11 is 0. The molecule has 0 aliphatic rings. The summed E-state index contributed by atoms with van der Waals surface area (Å²) in [7, 11) is 0. The zero-order valence-electron chi connectivity index (χ0n) is 11.6. The van der Waals surface area contributed by atoms with E-state index in [0.29, 0.717) is 13.0 Å². The van der Waals surface area contributed by atoms with Crippen LogP contribution >= 0.6 is 0 Å². The van der Waals surface area contributed by atoms with E-state index in [9.17, 15) is 4.79 Å². The molecule has 4 heteroatoms. The monoisotopic (exact) mass is 257 g/mol. The second-order valence-electron chi connectivity index (χ2n) is 4.77. The Balaban J connectivity index is 1.91. The summed E-state index contributed by atoms with van der Waals surface area (Å²) in [5.41, 5.74) is 3.27. The van der Waals surface area contributed by atoms with Crippen molar-refractivity contribution in [2.45, 2.75) is 33.7 Å². The molecule has 100 valence electrons. The van der Waals surface area contributed by atoms with Crippen LogP contribution < -0.4 is 5.32 Å². The number of anilines is 1. The molecule has 19 heavy (non-hydrogen) atoms. The number of aryl methyl sites for hydroxylation is 4. The molecule has 1 N–H and O–H groups in total. The molecule has 0 aliphatic heterocycles. The van der Waals surface area contributed by atoms with Crippen molar-refractivity contribution >= 4 is 11.6 Å². The molecule has 2 rings (SSSR count). The fourth-order valence-corrected chi connectivity index (χ4v) is 1.90. The van der Waals surface area contributed by atoms with Gasteiger partial charge in [0.25, 0.3) is 0 Å². The predicted molar refractivity (Wildman–Crippen MR) is 76.1 cm³/mol. The van der Waals surface area contributed by atoms with Gasteiger partial charge in [-0.1, -0.05) is 6.07 Å². The number of carbonyl (C=O) groups excluding carboxylic acids is 1. The Morgan fingerprint density at radius 1 is 1.26 bits per heavy atom. The quantitative estimate of drug-likeness (QED) is 0.915. The van der Waals surface area contributed by atoms with Crippen molar-refractivity contribution in [3.05, 3.63) is 47.5 Å². The molecule has 1 amide bonds. The topological polar surface area (TPSA) is 46.9 Å². The lowest BCUT2D eigenvalue weighted by Gasteiger charge is -2.08. The molecular weight excluding hydrogens is 238 g/mol. The SMILES string of the molecule is Cc1ccc(NC(=O)CCn2ccnc2C)cc1C. The maximum Gasteiger partial charge on any atom is 0.226 e. The first-order chi connectivity index (χ1) is 9.06. The van der Waals surface area contributed by atoms with E-state index < -0.39 is 0 Å². The van der Waals surface area contributed by atoms with Gasteiger partial charge in [-0.15, -0.1) is 0 Å². The van der Waals surface area contributed by atoms with Gasteiger partial charge in [0.05, 0.1) is 0 Å². The van der Waals surface area contributed by atoms with Crippen molar-refractivity contribution < 1.29 is 4.79 Å². The average molecular weight is 257 g/mol. The summed E-state index contributed by atoms with van der Waals surface area (Å²) in [6.45, 7) is 6.69. The van der Waals surface area contributed by atoms with Gasteiger partial charge in [-0.05, 0) is 44.0 Å². The van der Waals surface area contributed by atoms with E-state index in [2.05, 4.69) is 17.2 Å². The van der Waals surface area contributed by atoms with Crippen LogP contribution in [0.25, 0.3) is 0 Å². The summed E-state index contributed by atoms with van der Waals surface area (Å²) in [5, 5.41) is 2.92. The standard InChI is InChI=1S/C15H19N3O/c1-11-4-5-14(10-12(11)2)17-15(19)6-8-18-9-7-16-13(18)3/h4-5,7,9-10H,6,8H2,1-3H3,(H,17,19). The Kier molecular flexibility index (Phi) is 4.00. The highest BCUT2D eigenvalue weighted by molar-refractivity contribution is 5.90. The minimum absolute atomic E-state index is 0.0244. The first-order valence-corrected chi connectivity index (χ1v) is 6.41. The van der Waals surface area contributed by atoms with Crippen LogP contribution in [0.4, 0.5) is 5.69 Å². The van der Waals surface area contributed by atoms with Crippen LogP contribution in [0.1, 0.15) is 23.4 Å². The van der Waals surface area contributed by atoms with Gasteiger partial charge in [0.2, 0.25) is 5.91 Å². The van der Waals surface area contributed by atoms with E-state index in [1.54, 1.807) is 6.20 Å². The van der Waals surface area contributed by atoms with Crippen molar-refractivity contribution in [2.24, 2.45) is 0 Å². The first-order valence-electron chi connectivity index (χ1n) is 6.41. The van der Waals surface area contributed by atoms with Gasteiger partial charge in [0.1, 0.15) is 5.82 Å². The Bertz CT molecular complexity index is 587. The van der Waals surface area contributed by atoms with Gasteiger partial charge >= 0.3 is 0 Å². The second kappa shape index (κ2) is 5.69. The highest BCUT2D eigenvalue weighted by Gasteiger charge is 2.05. The van der Waals surface area contributed by atoms with Gasteiger partial charge < -0.3 is 9.88 Å². The number of amides is 1. The minimum atomic E-state index is 0.0244. The summed E-state index contributed by atoms with van der Waals surface area (Å²) < 4.78 is 1.97. The lowest BCUT2D eigenvalue weighted by atomic mass is 10.1. The van der Waals surface area contributed by atoms with Crippen LogP contribution in [0.2, 0.25) is 0 Å². The normalized spacial score (nSPS) is 10.5. The number of carbonyl (C=O) groups is 1. The fourth-order valence-electron chi connectivity index (χ4n) is 1.90. The molecule has 0 spiro atoms. The molecule has 1 heterocycles. The largest absolute Gasteiger partial charge is 0.335 e. The highest BCUT2D eigenvalue weighted by Crippen LogP contribution is 2.14. The summed E-state index contributed by atoms with van der Waals surface area (Å²) in [5.74, 6) is 0.954. The van der Waals surface area contributed by atoms with E-state index >= 15 is 0 Å². The Morgan fingerprint density at radius 2 is 2.05 bits per heavy atom. The molecule has 2 aromatic rings. The maximum atomic E-state index is 11.9. The predicted octanol–water partition coefficient (Wildman–Crippen LogP) is 2.84. The molecule has 0 radical (unpaired) electrons. The van der Waals surface area contributed by atoms with E-state index in [1.165, 1.54) is 11.1 Å². The zero-order chi connectivity index (χ0) is 13.8. The third kappa shape index (κ3) is 3.44. The van der Waals surface area contributed by atoms with Crippen LogP contribution in [-0.4, -0.2) is 15.5 Å². The lowest BCUT2D eigenvalue weighted by molar-refractivity contribution is -0.116. The molecule has 4 nitrogen and oxygen atoms in total. The van der Waals surface area contributed by atoms with Crippen LogP contribution in [0.3, 0.4) is 0 Å². The number of aromatic nitrogens is 2. The minimum Gasteiger partial charge on any atom is -0.335 e. The Labute approximate surface area is 113 Å². The van der Waals surface area contributed by atoms with Crippen LogP contribution in [0.15, 0.2) is 30.6 Å². The number of imidazole rings is 1. The smallest absolute Gasteiger partial charge is 0.226 e. The molecule has 0 saturated heterocycles. The van der Waals surface area contributed by atoms with Crippen molar-refractivity contribution in [1.29, 1.82) is 0 Å².